The maximum absolute atomic E-state index is 14.2. The van der Waals surface area contributed by atoms with Gasteiger partial charge >= 0.3 is 0 Å². The van der Waals surface area contributed by atoms with E-state index in [0.29, 0.717) is 17.5 Å². The van der Waals surface area contributed by atoms with Gasteiger partial charge in [0.25, 0.3) is 0 Å². The number of nitrogens with zero attached hydrogens (tertiary/aromatic N) is 2. The molecule has 0 radical (unpaired) electrons. The van der Waals surface area contributed by atoms with E-state index in [1.54, 1.807) is 18.2 Å². The summed E-state index contributed by atoms with van der Waals surface area (Å²) in [7, 11) is 0. The maximum Gasteiger partial charge on any atom is 0.132 e. The zero-order valence-electron chi connectivity index (χ0n) is 26.5. The molecule has 1 heterocycles. The highest BCUT2D eigenvalue weighted by atomic mass is 19.1. The standard InChI is InChI=1S/C33H40FN3.2C2H6/c1-23-8-4-7-11-32(23)37(22-26-12-13-26)25(3)28-16-18-36(19-17-28)21-27-14-15-29(24(2)20-27)33(35)30-9-5-6-10-31(30)34;2*1-2/h4-11,14-15,20,25-26,28,35H,12-13,16-19,21-22H2,1-3H3;2*1-2H3. The van der Waals surface area contributed by atoms with Gasteiger partial charge in [-0.25, -0.2) is 4.39 Å². The third-order valence-corrected chi connectivity index (χ3v) is 8.49. The van der Waals surface area contributed by atoms with Crippen molar-refractivity contribution in [3.63, 3.8) is 0 Å². The molecule has 2 fully saturated rings. The Kier molecular flexibility index (Phi) is 12.6. The molecule has 1 saturated heterocycles. The van der Waals surface area contributed by atoms with Crippen molar-refractivity contribution >= 4 is 11.4 Å². The molecule has 3 aromatic carbocycles. The molecule has 1 aliphatic heterocycles. The zero-order valence-corrected chi connectivity index (χ0v) is 26.5. The van der Waals surface area contributed by atoms with Gasteiger partial charge in [0.15, 0.2) is 0 Å². The molecule has 4 heteroatoms. The fourth-order valence-electron chi connectivity index (χ4n) is 5.97. The first-order valence-corrected chi connectivity index (χ1v) is 15.9. The second-order valence-corrected chi connectivity index (χ2v) is 11.2. The van der Waals surface area contributed by atoms with Crippen LogP contribution in [-0.4, -0.2) is 36.3 Å². The fraction of sp³-hybridized carbons (Fsp3) is 0.486. The molecule has 1 atom stereocenters. The lowest BCUT2D eigenvalue weighted by Crippen LogP contribution is -2.45. The third kappa shape index (κ3) is 8.52. The number of aryl methyl sites for hydroxylation is 2. The highest BCUT2D eigenvalue weighted by Crippen LogP contribution is 2.36. The summed E-state index contributed by atoms with van der Waals surface area (Å²) in [5.41, 5.74) is 6.51. The molecule has 1 saturated carbocycles. The molecule has 1 unspecified atom stereocenters. The summed E-state index contributed by atoms with van der Waals surface area (Å²) in [5.74, 6) is 1.24. The van der Waals surface area contributed by atoms with Gasteiger partial charge in [-0.3, -0.25) is 10.3 Å². The number of hydrogen-bond donors (Lipinski definition) is 1. The minimum Gasteiger partial charge on any atom is -0.368 e. The SMILES string of the molecule is CC.CC.Cc1cc(CN2CCC(C(C)N(CC3CC3)c3ccccc3C)CC2)ccc1C(=N)c1ccccc1F. The second-order valence-electron chi connectivity index (χ2n) is 11.2. The maximum atomic E-state index is 14.2. The van der Waals surface area contributed by atoms with Crippen molar-refractivity contribution < 1.29 is 4.39 Å². The average molecular weight is 558 g/mol. The van der Waals surface area contributed by atoms with Crippen LogP contribution in [0.2, 0.25) is 0 Å². The minimum atomic E-state index is -0.341. The Morgan fingerprint density at radius 2 is 1.49 bits per heavy atom. The van der Waals surface area contributed by atoms with E-state index < -0.39 is 0 Å². The topological polar surface area (TPSA) is 30.3 Å². The van der Waals surface area contributed by atoms with Crippen LogP contribution in [0, 0.1) is 36.9 Å². The molecule has 1 N–H and O–H groups in total. The predicted molar refractivity (Wildman–Crippen MR) is 175 cm³/mol. The van der Waals surface area contributed by atoms with Crippen molar-refractivity contribution in [1.29, 1.82) is 5.41 Å². The van der Waals surface area contributed by atoms with E-state index in [0.717, 1.165) is 36.7 Å². The van der Waals surface area contributed by atoms with Crippen LogP contribution in [0.4, 0.5) is 10.1 Å². The van der Waals surface area contributed by atoms with Gasteiger partial charge in [-0.2, -0.15) is 0 Å². The highest BCUT2D eigenvalue weighted by Gasteiger charge is 2.32. The Morgan fingerprint density at radius 3 is 2.10 bits per heavy atom. The van der Waals surface area contributed by atoms with E-state index >= 15 is 0 Å². The number of para-hydroxylation sites is 1. The number of halogens is 1. The van der Waals surface area contributed by atoms with E-state index in [9.17, 15) is 4.39 Å². The van der Waals surface area contributed by atoms with Crippen LogP contribution in [0.15, 0.2) is 66.7 Å². The van der Waals surface area contributed by atoms with Crippen LogP contribution in [0.3, 0.4) is 0 Å². The molecule has 0 amide bonds. The van der Waals surface area contributed by atoms with Gasteiger partial charge in [0, 0.05) is 35.9 Å². The Labute approximate surface area is 249 Å². The van der Waals surface area contributed by atoms with Gasteiger partial charge in [-0.1, -0.05) is 76.2 Å². The molecule has 1 aliphatic carbocycles. The molecule has 3 nitrogen and oxygen atoms in total. The highest BCUT2D eigenvalue weighted by molar-refractivity contribution is 6.11. The molecule has 0 bridgehead atoms. The smallest absolute Gasteiger partial charge is 0.132 e. The van der Waals surface area contributed by atoms with Crippen LogP contribution in [0.1, 0.15) is 88.1 Å². The third-order valence-electron chi connectivity index (χ3n) is 8.49. The lowest BCUT2D eigenvalue weighted by atomic mass is 9.88. The summed E-state index contributed by atoms with van der Waals surface area (Å²) in [6.45, 7) is 19.1. The summed E-state index contributed by atoms with van der Waals surface area (Å²) in [6.07, 6.45) is 5.21. The van der Waals surface area contributed by atoms with Crippen LogP contribution < -0.4 is 4.90 Å². The molecule has 3 aromatic rings. The van der Waals surface area contributed by atoms with Gasteiger partial charge in [0.1, 0.15) is 5.82 Å². The van der Waals surface area contributed by atoms with Crippen molar-refractivity contribution in [2.75, 3.05) is 24.5 Å². The van der Waals surface area contributed by atoms with E-state index in [-0.39, 0.29) is 11.5 Å². The molecular weight excluding hydrogens is 505 g/mol. The largest absolute Gasteiger partial charge is 0.368 e. The van der Waals surface area contributed by atoms with Gasteiger partial charge in [0.05, 0.1) is 5.71 Å². The molecule has 2 aliphatic rings. The Morgan fingerprint density at radius 1 is 0.854 bits per heavy atom. The minimum absolute atomic E-state index is 0.251. The van der Waals surface area contributed by atoms with Gasteiger partial charge in [-0.05, 0) is 106 Å². The first-order valence-electron chi connectivity index (χ1n) is 15.9. The molecular formula is C37H52FN3. The fourth-order valence-corrected chi connectivity index (χ4v) is 5.97. The van der Waals surface area contributed by atoms with E-state index in [1.165, 1.54) is 55.1 Å². The van der Waals surface area contributed by atoms with Crippen LogP contribution in [0.25, 0.3) is 0 Å². The van der Waals surface area contributed by atoms with Gasteiger partial charge < -0.3 is 4.90 Å². The van der Waals surface area contributed by atoms with Gasteiger partial charge in [-0.15, -0.1) is 0 Å². The lowest BCUT2D eigenvalue weighted by Gasteiger charge is -2.41. The first kappa shape index (κ1) is 32.5. The monoisotopic (exact) mass is 557 g/mol. The number of benzene rings is 3. The van der Waals surface area contributed by atoms with Crippen molar-refractivity contribution in [3.8, 4) is 0 Å². The summed E-state index contributed by atoms with van der Waals surface area (Å²) < 4.78 is 14.2. The van der Waals surface area contributed by atoms with Crippen molar-refractivity contribution in [3.05, 3.63) is 100 Å². The Bertz CT molecular complexity index is 1240. The second kappa shape index (κ2) is 15.9. The number of hydrogen-bond acceptors (Lipinski definition) is 3. The van der Waals surface area contributed by atoms with Crippen molar-refractivity contribution in [1.82, 2.24) is 4.90 Å². The molecule has 222 valence electrons. The van der Waals surface area contributed by atoms with E-state index in [2.05, 4.69) is 60.0 Å². The summed E-state index contributed by atoms with van der Waals surface area (Å²) in [6, 6.07) is 22.3. The number of likely N-dealkylation sites (tertiary alicyclic amines) is 1. The Hall–Kier alpha value is -2.98. The lowest BCUT2D eigenvalue weighted by molar-refractivity contribution is 0.163. The number of rotatable bonds is 9. The summed E-state index contributed by atoms with van der Waals surface area (Å²) >= 11 is 0. The molecule has 5 rings (SSSR count). The number of piperidine rings is 1. The van der Waals surface area contributed by atoms with E-state index in [1.807, 2.05) is 40.7 Å². The molecule has 0 spiro atoms. The summed E-state index contributed by atoms with van der Waals surface area (Å²) in [5, 5.41) is 8.54. The van der Waals surface area contributed by atoms with Crippen LogP contribution in [0.5, 0.6) is 0 Å². The molecule has 0 aromatic heterocycles. The van der Waals surface area contributed by atoms with E-state index in [4.69, 9.17) is 5.41 Å². The Balaban J connectivity index is 0.00000111. The van der Waals surface area contributed by atoms with Crippen molar-refractivity contribution in [2.45, 2.75) is 86.7 Å². The van der Waals surface area contributed by atoms with Crippen molar-refractivity contribution in [2.24, 2.45) is 11.8 Å². The first-order chi connectivity index (χ1) is 19.9. The van der Waals surface area contributed by atoms with Crippen LogP contribution >= 0.6 is 0 Å². The predicted octanol–water partition coefficient (Wildman–Crippen LogP) is 9.43. The molecule has 41 heavy (non-hydrogen) atoms. The normalized spacial score (nSPS) is 16.1. The number of nitrogens with one attached hydrogen (secondary N) is 1. The van der Waals surface area contributed by atoms with Crippen LogP contribution in [-0.2, 0) is 6.54 Å². The average Bonchev–Trinajstić information content (AvgIpc) is 3.83. The summed E-state index contributed by atoms with van der Waals surface area (Å²) in [4.78, 5) is 5.28. The van der Waals surface area contributed by atoms with Gasteiger partial charge in [0.2, 0.25) is 0 Å². The zero-order chi connectivity index (χ0) is 29.9. The number of anilines is 1. The quantitative estimate of drug-likeness (QED) is 0.266.